The number of halogens is 1. The molecule has 1 rings (SSSR count). The highest BCUT2D eigenvalue weighted by Gasteiger charge is 2.20. The molecule has 0 amide bonds. The summed E-state index contributed by atoms with van der Waals surface area (Å²) in [6.45, 7) is 4.02. The van der Waals surface area contributed by atoms with Crippen LogP contribution in [0.15, 0.2) is 6.07 Å². The first kappa shape index (κ1) is 14.8. The second kappa shape index (κ2) is 6.64. The van der Waals surface area contributed by atoms with Gasteiger partial charge in [-0.2, -0.15) is 0 Å². The van der Waals surface area contributed by atoms with Crippen LogP contribution in [0.1, 0.15) is 37.3 Å². The Morgan fingerprint density at radius 3 is 2.39 bits per heavy atom. The molecule has 0 aliphatic heterocycles. The zero-order valence-electron chi connectivity index (χ0n) is 11.2. The van der Waals surface area contributed by atoms with Crippen molar-refractivity contribution in [1.82, 2.24) is 0 Å². The van der Waals surface area contributed by atoms with Gasteiger partial charge in [-0.15, -0.1) is 0 Å². The molecule has 0 aliphatic rings. The first-order valence-corrected chi connectivity index (χ1v) is 6.35. The van der Waals surface area contributed by atoms with Crippen LogP contribution in [0.5, 0.6) is 11.5 Å². The van der Waals surface area contributed by atoms with E-state index in [0.717, 1.165) is 23.8 Å². The minimum atomic E-state index is 0.0751. The van der Waals surface area contributed by atoms with Crippen LogP contribution >= 0.6 is 11.6 Å². The maximum atomic E-state index is 10.7. The van der Waals surface area contributed by atoms with Crippen LogP contribution in [0.4, 0.5) is 0 Å². The standard InChI is InChI=1S/C14H19ClO3/c1-5-10-8-11(9(2)6-7-16)14(18-4)12(15)13(10)17-3/h7-9H,5-6H2,1-4H3. The van der Waals surface area contributed by atoms with Gasteiger partial charge in [0.15, 0.2) is 0 Å². The maximum absolute atomic E-state index is 10.7. The molecule has 0 saturated carbocycles. The van der Waals surface area contributed by atoms with Crippen molar-refractivity contribution in [1.29, 1.82) is 0 Å². The van der Waals surface area contributed by atoms with E-state index in [0.29, 0.717) is 22.9 Å². The number of carbonyl (C=O) groups is 1. The fourth-order valence-electron chi connectivity index (χ4n) is 2.02. The Morgan fingerprint density at radius 2 is 1.94 bits per heavy atom. The van der Waals surface area contributed by atoms with Crippen molar-refractivity contribution in [3.05, 3.63) is 22.2 Å². The van der Waals surface area contributed by atoms with E-state index in [9.17, 15) is 4.79 Å². The van der Waals surface area contributed by atoms with Crippen molar-refractivity contribution in [2.45, 2.75) is 32.6 Å². The number of carbonyl (C=O) groups excluding carboxylic acids is 1. The van der Waals surface area contributed by atoms with E-state index in [1.807, 2.05) is 19.9 Å². The van der Waals surface area contributed by atoms with Crippen LogP contribution < -0.4 is 9.47 Å². The lowest BCUT2D eigenvalue weighted by Gasteiger charge is -2.19. The Bertz CT molecular complexity index is 430. The predicted molar refractivity (Wildman–Crippen MR) is 73.0 cm³/mol. The van der Waals surface area contributed by atoms with Gasteiger partial charge < -0.3 is 14.3 Å². The Balaban J connectivity index is 3.41. The maximum Gasteiger partial charge on any atom is 0.144 e. The summed E-state index contributed by atoms with van der Waals surface area (Å²) in [6, 6.07) is 2.01. The van der Waals surface area contributed by atoms with Crippen molar-refractivity contribution < 1.29 is 14.3 Å². The van der Waals surface area contributed by atoms with Gasteiger partial charge in [-0.05, 0) is 29.5 Å². The van der Waals surface area contributed by atoms with Crippen LogP contribution in [0.2, 0.25) is 5.02 Å². The number of ether oxygens (including phenoxy) is 2. The summed E-state index contributed by atoms with van der Waals surface area (Å²) in [6.07, 6.45) is 2.17. The Hall–Kier alpha value is -1.22. The van der Waals surface area contributed by atoms with Crippen LogP contribution in [0.3, 0.4) is 0 Å². The number of hydrogen-bond acceptors (Lipinski definition) is 3. The molecule has 0 aliphatic carbocycles. The molecule has 0 aromatic heterocycles. The topological polar surface area (TPSA) is 35.5 Å². The van der Waals surface area contributed by atoms with Gasteiger partial charge in [-0.3, -0.25) is 0 Å². The molecule has 0 bridgehead atoms. The van der Waals surface area contributed by atoms with Crippen molar-refractivity contribution in [3.63, 3.8) is 0 Å². The van der Waals surface area contributed by atoms with Crippen molar-refractivity contribution >= 4 is 17.9 Å². The van der Waals surface area contributed by atoms with E-state index in [4.69, 9.17) is 21.1 Å². The molecular formula is C14H19ClO3. The smallest absolute Gasteiger partial charge is 0.144 e. The lowest BCUT2D eigenvalue weighted by Crippen LogP contribution is -2.03. The fourth-order valence-corrected chi connectivity index (χ4v) is 2.40. The van der Waals surface area contributed by atoms with Gasteiger partial charge in [0, 0.05) is 6.42 Å². The SMILES string of the molecule is CCc1cc(C(C)CC=O)c(OC)c(Cl)c1OC. The number of rotatable bonds is 6. The summed E-state index contributed by atoms with van der Waals surface area (Å²) < 4.78 is 10.7. The molecule has 0 N–H and O–H groups in total. The summed E-state index contributed by atoms with van der Waals surface area (Å²) in [5, 5.41) is 0.479. The van der Waals surface area contributed by atoms with Crippen LogP contribution in [0.25, 0.3) is 0 Å². The molecule has 3 nitrogen and oxygen atoms in total. The highest BCUT2D eigenvalue weighted by Crippen LogP contribution is 2.43. The predicted octanol–water partition coefficient (Wildman–Crippen LogP) is 3.61. The third-order valence-electron chi connectivity index (χ3n) is 3.05. The van der Waals surface area contributed by atoms with Crippen LogP contribution in [0, 0.1) is 0 Å². The molecule has 1 aromatic carbocycles. The second-order valence-electron chi connectivity index (χ2n) is 4.16. The summed E-state index contributed by atoms with van der Waals surface area (Å²) in [4.78, 5) is 10.7. The molecule has 0 spiro atoms. The molecule has 1 unspecified atom stereocenters. The summed E-state index contributed by atoms with van der Waals surface area (Å²) in [5.41, 5.74) is 1.98. The van der Waals surface area contributed by atoms with E-state index in [-0.39, 0.29) is 5.92 Å². The van der Waals surface area contributed by atoms with Crippen LogP contribution in [-0.2, 0) is 11.2 Å². The molecular weight excluding hydrogens is 252 g/mol. The van der Waals surface area contributed by atoms with E-state index in [1.165, 1.54) is 0 Å². The van der Waals surface area contributed by atoms with E-state index < -0.39 is 0 Å². The van der Waals surface area contributed by atoms with Crippen LogP contribution in [-0.4, -0.2) is 20.5 Å². The molecule has 0 saturated heterocycles. The normalized spacial score (nSPS) is 12.1. The molecule has 1 atom stereocenters. The fraction of sp³-hybridized carbons (Fsp3) is 0.500. The number of benzene rings is 1. The zero-order valence-corrected chi connectivity index (χ0v) is 12.0. The third-order valence-corrected chi connectivity index (χ3v) is 3.40. The van der Waals surface area contributed by atoms with Gasteiger partial charge in [0.05, 0.1) is 14.2 Å². The van der Waals surface area contributed by atoms with Gasteiger partial charge in [0.25, 0.3) is 0 Å². The van der Waals surface area contributed by atoms with E-state index >= 15 is 0 Å². The lowest BCUT2D eigenvalue weighted by atomic mass is 9.94. The van der Waals surface area contributed by atoms with Crippen molar-refractivity contribution in [2.75, 3.05) is 14.2 Å². The second-order valence-corrected chi connectivity index (χ2v) is 4.54. The van der Waals surface area contributed by atoms with E-state index in [2.05, 4.69) is 0 Å². The van der Waals surface area contributed by atoms with Gasteiger partial charge in [-0.25, -0.2) is 0 Å². The Labute approximate surface area is 113 Å². The molecule has 0 radical (unpaired) electrons. The van der Waals surface area contributed by atoms with Gasteiger partial charge in [-0.1, -0.05) is 25.4 Å². The summed E-state index contributed by atoms with van der Waals surface area (Å²) in [7, 11) is 3.16. The molecule has 0 fully saturated rings. The number of aldehydes is 1. The van der Waals surface area contributed by atoms with Gasteiger partial charge >= 0.3 is 0 Å². The number of aryl methyl sites for hydroxylation is 1. The van der Waals surface area contributed by atoms with Gasteiger partial charge in [0.2, 0.25) is 0 Å². The molecule has 100 valence electrons. The Morgan fingerprint density at radius 1 is 1.33 bits per heavy atom. The van der Waals surface area contributed by atoms with Gasteiger partial charge in [0.1, 0.15) is 22.8 Å². The molecule has 18 heavy (non-hydrogen) atoms. The average molecular weight is 271 g/mol. The number of hydrogen-bond donors (Lipinski definition) is 0. The van der Waals surface area contributed by atoms with Crippen molar-refractivity contribution in [2.24, 2.45) is 0 Å². The zero-order chi connectivity index (χ0) is 13.7. The number of methoxy groups -OCH3 is 2. The van der Waals surface area contributed by atoms with E-state index in [1.54, 1.807) is 14.2 Å². The Kier molecular flexibility index (Phi) is 5.48. The highest BCUT2D eigenvalue weighted by molar-refractivity contribution is 6.33. The molecule has 4 heteroatoms. The average Bonchev–Trinajstić information content (AvgIpc) is 2.37. The monoisotopic (exact) mass is 270 g/mol. The first-order chi connectivity index (χ1) is 8.60. The largest absolute Gasteiger partial charge is 0.495 e. The molecule has 0 heterocycles. The quantitative estimate of drug-likeness (QED) is 0.741. The van der Waals surface area contributed by atoms with Crippen molar-refractivity contribution in [3.8, 4) is 11.5 Å². The lowest BCUT2D eigenvalue weighted by molar-refractivity contribution is -0.108. The third kappa shape index (κ3) is 2.78. The highest BCUT2D eigenvalue weighted by atomic mass is 35.5. The molecule has 1 aromatic rings. The minimum absolute atomic E-state index is 0.0751. The first-order valence-electron chi connectivity index (χ1n) is 5.97. The minimum Gasteiger partial charge on any atom is -0.495 e. The summed E-state index contributed by atoms with van der Waals surface area (Å²) >= 11 is 6.30. The summed E-state index contributed by atoms with van der Waals surface area (Å²) in [5.74, 6) is 1.32.